The van der Waals surface area contributed by atoms with Gasteiger partial charge in [0.15, 0.2) is 0 Å². The molecule has 0 fully saturated rings. The Bertz CT molecular complexity index is 3440. The number of hydrogen-bond donors (Lipinski definition) is 0. The van der Waals surface area contributed by atoms with Gasteiger partial charge in [-0.05, 0) is 105 Å². The van der Waals surface area contributed by atoms with Crippen molar-refractivity contribution in [1.29, 1.82) is 0 Å². The Hall–Kier alpha value is -7.36. The summed E-state index contributed by atoms with van der Waals surface area (Å²) in [5.41, 5.74) is 16.1. The predicted molar refractivity (Wildman–Crippen MR) is 243 cm³/mol. The summed E-state index contributed by atoms with van der Waals surface area (Å²) in [6.45, 7) is 4.70. The molecule has 2 aromatic heterocycles. The molecule has 0 aliphatic heterocycles. The van der Waals surface area contributed by atoms with Gasteiger partial charge in [-0.2, -0.15) is 0 Å². The van der Waals surface area contributed by atoms with E-state index in [0.717, 1.165) is 55.6 Å². The Morgan fingerprint density at radius 2 is 1.10 bits per heavy atom. The molecule has 0 N–H and O–H groups in total. The molecule has 0 saturated heterocycles. The average molecular weight is 743 g/mol. The van der Waals surface area contributed by atoms with Crippen molar-refractivity contribution >= 4 is 71.6 Å². The number of hydrogen-bond acceptors (Lipinski definition) is 2. The fourth-order valence-corrected chi connectivity index (χ4v) is 9.74. The zero-order chi connectivity index (χ0) is 38.5. The van der Waals surface area contributed by atoms with Crippen LogP contribution in [0.25, 0.3) is 82.5 Å². The summed E-state index contributed by atoms with van der Waals surface area (Å²) in [5, 5.41) is 7.06. The molecule has 12 rings (SSSR count). The highest BCUT2D eigenvalue weighted by Gasteiger charge is 2.35. The van der Waals surface area contributed by atoms with E-state index in [-0.39, 0.29) is 5.41 Å². The van der Waals surface area contributed by atoms with Gasteiger partial charge in [-0.1, -0.05) is 135 Å². The molecule has 0 amide bonds. The van der Waals surface area contributed by atoms with Crippen LogP contribution < -0.4 is 4.90 Å². The monoisotopic (exact) mass is 742 g/mol. The Balaban J connectivity index is 1.05. The van der Waals surface area contributed by atoms with Gasteiger partial charge in [0.05, 0.1) is 11.0 Å². The van der Waals surface area contributed by atoms with Crippen molar-refractivity contribution < 1.29 is 4.42 Å². The molecule has 58 heavy (non-hydrogen) atoms. The van der Waals surface area contributed by atoms with Gasteiger partial charge in [-0.15, -0.1) is 0 Å². The lowest BCUT2D eigenvalue weighted by Crippen LogP contribution is -2.16. The van der Waals surface area contributed by atoms with Crippen LogP contribution in [0.4, 0.5) is 17.1 Å². The second kappa shape index (κ2) is 12.3. The summed E-state index contributed by atoms with van der Waals surface area (Å²) in [6, 6.07) is 70.7. The zero-order valence-electron chi connectivity index (χ0n) is 32.3. The van der Waals surface area contributed by atoms with E-state index < -0.39 is 0 Å². The van der Waals surface area contributed by atoms with E-state index in [9.17, 15) is 0 Å². The van der Waals surface area contributed by atoms with Crippen molar-refractivity contribution in [2.45, 2.75) is 19.3 Å². The Morgan fingerprint density at radius 3 is 2.02 bits per heavy atom. The van der Waals surface area contributed by atoms with Crippen molar-refractivity contribution in [1.82, 2.24) is 4.57 Å². The third kappa shape index (κ3) is 4.80. The smallest absolute Gasteiger partial charge is 0.143 e. The van der Waals surface area contributed by atoms with Crippen LogP contribution in [0.5, 0.6) is 0 Å². The Kier molecular flexibility index (Phi) is 6.98. The Morgan fingerprint density at radius 1 is 0.431 bits per heavy atom. The molecule has 0 saturated carbocycles. The first-order valence-electron chi connectivity index (χ1n) is 20.1. The number of benzene rings is 9. The van der Waals surface area contributed by atoms with Gasteiger partial charge in [-0.3, -0.25) is 0 Å². The third-order valence-electron chi connectivity index (χ3n) is 12.6. The van der Waals surface area contributed by atoms with Crippen LogP contribution in [0.1, 0.15) is 25.0 Å². The average Bonchev–Trinajstić information content (AvgIpc) is 3.89. The molecule has 1 aliphatic carbocycles. The summed E-state index contributed by atoms with van der Waals surface area (Å²) >= 11 is 0. The topological polar surface area (TPSA) is 21.3 Å². The third-order valence-corrected chi connectivity index (χ3v) is 12.6. The minimum atomic E-state index is -0.133. The summed E-state index contributed by atoms with van der Waals surface area (Å²) in [5.74, 6) is 0. The Labute approximate surface area is 336 Å². The van der Waals surface area contributed by atoms with Crippen LogP contribution in [0.3, 0.4) is 0 Å². The number of anilines is 3. The molecular formula is C55H38N2O. The van der Waals surface area contributed by atoms with Crippen LogP contribution in [-0.2, 0) is 5.41 Å². The second-order valence-electron chi connectivity index (χ2n) is 16.2. The van der Waals surface area contributed by atoms with E-state index in [1.807, 2.05) is 0 Å². The molecule has 1 aliphatic rings. The highest BCUT2D eigenvalue weighted by Crippen LogP contribution is 2.51. The number of fused-ring (bicyclic) bond motifs is 11. The van der Waals surface area contributed by atoms with Crippen LogP contribution in [0.15, 0.2) is 199 Å². The zero-order valence-corrected chi connectivity index (χ0v) is 32.3. The maximum Gasteiger partial charge on any atom is 0.143 e. The lowest BCUT2D eigenvalue weighted by molar-refractivity contribution is 0.660. The molecule has 11 aromatic rings. The number of para-hydroxylation sites is 2. The lowest BCUT2D eigenvalue weighted by Gasteiger charge is -2.28. The predicted octanol–water partition coefficient (Wildman–Crippen LogP) is 15.3. The summed E-state index contributed by atoms with van der Waals surface area (Å²) in [7, 11) is 0. The first-order chi connectivity index (χ1) is 28.5. The first-order valence-corrected chi connectivity index (χ1v) is 20.1. The molecule has 0 radical (unpaired) electrons. The van der Waals surface area contributed by atoms with Gasteiger partial charge in [0.1, 0.15) is 11.2 Å². The number of nitrogens with zero attached hydrogens (tertiary/aromatic N) is 2. The molecule has 2 heterocycles. The van der Waals surface area contributed by atoms with Crippen molar-refractivity contribution in [2.75, 3.05) is 4.90 Å². The highest BCUT2D eigenvalue weighted by molar-refractivity contribution is 6.15. The maximum absolute atomic E-state index is 6.76. The first kappa shape index (κ1) is 32.8. The lowest BCUT2D eigenvalue weighted by atomic mass is 9.82. The van der Waals surface area contributed by atoms with Crippen molar-refractivity contribution in [3.63, 3.8) is 0 Å². The van der Waals surface area contributed by atoms with Crippen LogP contribution in [-0.4, -0.2) is 4.57 Å². The molecule has 3 heteroatoms. The van der Waals surface area contributed by atoms with Gasteiger partial charge in [0.25, 0.3) is 0 Å². The fourth-order valence-electron chi connectivity index (χ4n) is 9.74. The fraction of sp³-hybridized carbons (Fsp3) is 0.0545. The standard InChI is InChI=1S/C55H38N2O/c1-55(2)49-21-10-8-19-43(49)44-29-25-40(33-50(44)55)56(41-26-30-47-48-28-23-35-13-6-7-18-42(35)54(48)58-53(47)34-41)39-17-12-14-36(31-39)37-24-27-46-45-20-9-11-22-51(45)57(52(46)32-37)38-15-4-3-5-16-38/h3-34H,1-2H3. The van der Waals surface area contributed by atoms with E-state index in [4.69, 9.17) is 4.42 Å². The van der Waals surface area contributed by atoms with E-state index >= 15 is 0 Å². The quantitative estimate of drug-likeness (QED) is 0.175. The van der Waals surface area contributed by atoms with E-state index in [1.165, 1.54) is 55.0 Å². The molecular weight excluding hydrogens is 705 g/mol. The summed E-state index contributed by atoms with van der Waals surface area (Å²) in [4.78, 5) is 2.40. The number of rotatable bonds is 5. The second-order valence-corrected chi connectivity index (χ2v) is 16.2. The minimum absolute atomic E-state index is 0.133. The minimum Gasteiger partial charge on any atom is -0.455 e. The number of furan rings is 1. The van der Waals surface area contributed by atoms with E-state index in [0.29, 0.717) is 0 Å². The number of aromatic nitrogens is 1. The molecule has 0 spiro atoms. The van der Waals surface area contributed by atoms with E-state index in [2.05, 4.69) is 217 Å². The van der Waals surface area contributed by atoms with Crippen LogP contribution >= 0.6 is 0 Å². The van der Waals surface area contributed by atoms with E-state index in [1.54, 1.807) is 0 Å². The van der Waals surface area contributed by atoms with Crippen molar-refractivity contribution in [3.05, 3.63) is 205 Å². The molecule has 0 bridgehead atoms. The highest BCUT2D eigenvalue weighted by atomic mass is 16.3. The van der Waals surface area contributed by atoms with Crippen LogP contribution in [0.2, 0.25) is 0 Å². The normalized spacial score (nSPS) is 13.1. The SMILES string of the molecule is CC1(C)c2ccccc2-c2ccc(N(c3cccc(-c4ccc5c6ccccc6n(-c6ccccc6)c5c4)c3)c3ccc4c(c3)oc3c5ccccc5ccc43)cc21. The maximum atomic E-state index is 6.76. The van der Waals surface area contributed by atoms with Crippen molar-refractivity contribution in [3.8, 4) is 27.9 Å². The molecule has 0 atom stereocenters. The largest absolute Gasteiger partial charge is 0.455 e. The van der Waals surface area contributed by atoms with Crippen molar-refractivity contribution in [2.24, 2.45) is 0 Å². The molecule has 0 unspecified atom stereocenters. The molecule has 274 valence electrons. The van der Waals surface area contributed by atoms with Gasteiger partial charge < -0.3 is 13.9 Å². The molecule has 9 aromatic carbocycles. The van der Waals surface area contributed by atoms with Gasteiger partial charge >= 0.3 is 0 Å². The molecule has 3 nitrogen and oxygen atoms in total. The van der Waals surface area contributed by atoms with Gasteiger partial charge in [0.2, 0.25) is 0 Å². The summed E-state index contributed by atoms with van der Waals surface area (Å²) in [6.07, 6.45) is 0. The van der Waals surface area contributed by atoms with Gasteiger partial charge in [0, 0.05) is 61.2 Å². The summed E-state index contributed by atoms with van der Waals surface area (Å²) < 4.78 is 9.14. The van der Waals surface area contributed by atoms with Gasteiger partial charge in [-0.25, -0.2) is 0 Å². The van der Waals surface area contributed by atoms with Crippen LogP contribution in [0, 0.1) is 0 Å².